The predicted molar refractivity (Wildman–Crippen MR) is 218 cm³/mol. The highest BCUT2D eigenvalue weighted by Crippen LogP contribution is 2.41. The fourth-order valence-electron chi connectivity index (χ4n) is 8.03. The van der Waals surface area contributed by atoms with Crippen LogP contribution >= 0.6 is 0 Å². The number of hydrogen-bond donors (Lipinski definition) is 2. The van der Waals surface area contributed by atoms with Crippen LogP contribution in [-0.4, -0.2) is 90.7 Å². The van der Waals surface area contributed by atoms with Crippen LogP contribution in [0.5, 0.6) is 0 Å². The molecule has 2 N–H and O–H groups in total. The number of nitrogens with one attached hydrogen (secondary N) is 2. The van der Waals surface area contributed by atoms with Gasteiger partial charge in [0.15, 0.2) is 0 Å². The van der Waals surface area contributed by atoms with Gasteiger partial charge in [0.2, 0.25) is 5.91 Å². The van der Waals surface area contributed by atoms with E-state index in [1.165, 1.54) is 0 Å². The van der Waals surface area contributed by atoms with E-state index >= 15 is 0 Å². The van der Waals surface area contributed by atoms with Gasteiger partial charge in [0, 0.05) is 61.2 Å². The van der Waals surface area contributed by atoms with Crippen molar-refractivity contribution in [2.75, 3.05) is 40.9 Å². The van der Waals surface area contributed by atoms with Gasteiger partial charge in [-0.25, -0.2) is 5.43 Å². The highest BCUT2D eigenvalue weighted by atomic mass is 16.5. The van der Waals surface area contributed by atoms with E-state index in [9.17, 15) is 14.4 Å². The molecule has 1 saturated heterocycles. The van der Waals surface area contributed by atoms with Crippen LogP contribution in [0, 0.1) is 11.3 Å². The highest BCUT2D eigenvalue weighted by molar-refractivity contribution is 5.95. The fourth-order valence-corrected chi connectivity index (χ4v) is 8.03. The molecule has 1 aliphatic heterocycles. The molecule has 55 heavy (non-hydrogen) atoms. The second-order valence-corrected chi connectivity index (χ2v) is 16.1. The standard InChI is InChI=1S/C44H60N6O5/c1-10-49-38-19-18-33(25-35(38)36(26-44(5,6)27-55-28-51)41(49)34-17-14-20-45-39(34)30(4)54-9)32-16-13-15-31(23-32)24-37(43(53)50-22-12-11-21-46-50)47-42(52)40(29(2)3)48(7)8/h13-20,23,25,28-30,37,40,46H,10-12,21-22,24,26-27H2,1-9H3,(H,47,52). The molecule has 3 heterocycles. The number of carbonyl (C=O) groups is 3. The number of carbonyl (C=O) groups excluding carboxylic acids is 3. The molecule has 1 aliphatic rings. The third-order valence-electron chi connectivity index (χ3n) is 10.7. The largest absolute Gasteiger partial charge is 0.467 e. The van der Waals surface area contributed by atoms with E-state index in [0.717, 1.165) is 76.0 Å². The van der Waals surface area contributed by atoms with Crippen molar-refractivity contribution in [2.45, 2.75) is 92.0 Å². The minimum atomic E-state index is -0.733. The van der Waals surface area contributed by atoms with E-state index in [0.29, 0.717) is 25.9 Å². The molecule has 0 saturated carbocycles. The van der Waals surface area contributed by atoms with Crippen molar-refractivity contribution in [1.29, 1.82) is 0 Å². The van der Waals surface area contributed by atoms with Crippen molar-refractivity contribution in [2.24, 2.45) is 11.3 Å². The molecule has 0 bridgehead atoms. The maximum Gasteiger partial charge on any atom is 0.293 e. The van der Waals surface area contributed by atoms with Crippen LogP contribution in [0.4, 0.5) is 0 Å². The van der Waals surface area contributed by atoms with Gasteiger partial charge in [-0.2, -0.15) is 0 Å². The summed E-state index contributed by atoms with van der Waals surface area (Å²) in [6, 6.07) is 17.8. The molecule has 3 unspecified atom stereocenters. The molecular weight excluding hydrogens is 693 g/mol. The molecule has 3 atom stereocenters. The molecule has 4 aromatic rings. The summed E-state index contributed by atoms with van der Waals surface area (Å²) in [5.41, 5.74) is 11.1. The molecule has 296 valence electrons. The average molecular weight is 753 g/mol. The van der Waals surface area contributed by atoms with Gasteiger partial charge in [0.1, 0.15) is 6.04 Å². The number of hydrazine groups is 1. The number of methoxy groups -OCH3 is 1. The highest BCUT2D eigenvalue weighted by Gasteiger charge is 2.32. The van der Waals surface area contributed by atoms with E-state index < -0.39 is 6.04 Å². The van der Waals surface area contributed by atoms with E-state index in [-0.39, 0.29) is 41.9 Å². The minimum absolute atomic E-state index is 0.0707. The lowest BCUT2D eigenvalue weighted by Gasteiger charge is -2.33. The molecule has 5 rings (SSSR count). The van der Waals surface area contributed by atoms with Gasteiger partial charge in [-0.15, -0.1) is 0 Å². The van der Waals surface area contributed by atoms with Crippen molar-refractivity contribution in [3.63, 3.8) is 0 Å². The van der Waals surface area contributed by atoms with Gasteiger partial charge in [-0.3, -0.25) is 29.3 Å². The number of aromatic nitrogens is 2. The van der Waals surface area contributed by atoms with Crippen LogP contribution in [0.2, 0.25) is 0 Å². The van der Waals surface area contributed by atoms with Crippen LogP contribution in [0.1, 0.15) is 77.3 Å². The number of ether oxygens (including phenoxy) is 2. The summed E-state index contributed by atoms with van der Waals surface area (Å²) in [6.07, 6.45) is 4.51. The fraction of sp³-hybridized carbons (Fsp3) is 0.500. The molecular formula is C44H60N6O5. The summed E-state index contributed by atoms with van der Waals surface area (Å²) >= 11 is 0. The Morgan fingerprint density at radius 1 is 1.05 bits per heavy atom. The van der Waals surface area contributed by atoms with Crippen LogP contribution in [-0.2, 0) is 43.2 Å². The number of nitrogens with zero attached hydrogens (tertiary/aromatic N) is 4. The first kappa shape index (κ1) is 41.6. The lowest BCUT2D eigenvalue weighted by Crippen LogP contribution is -2.58. The van der Waals surface area contributed by atoms with Crippen LogP contribution in [0.15, 0.2) is 60.8 Å². The van der Waals surface area contributed by atoms with Crippen LogP contribution in [0.3, 0.4) is 0 Å². The summed E-state index contributed by atoms with van der Waals surface area (Å²) < 4.78 is 13.4. The molecule has 1 fully saturated rings. The summed E-state index contributed by atoms with van der Waals surface area (Å²) in [5, 5.41) is 5.92. The SMILES string of the molecule is CCn1c(-c2cccnc2C(C)OC)c(CC(C)(C)COC=O)c2cc(-c3cccc(CC(NC(=O)C(C(C)C)N(C)C)C(=O)N4CCCCN4)c3)ccc21. The lowest BCUT2D eigenvalue weighted by atomic mass is 9.84. The molecule has 2 amide bonds. The zero-order valence-electron chi connectivity index (χ0n) is 34.1. The van der Waals surface area contributed by atoms with E-state index in [2.05, 4.69) is 72.5 Å². The van der Waals surface area contributed by atoms with Crippen molar-refractivity contribution in [3.05, 3.63) is 77.6 Å². The zero-order chi connectivity index (χ0) is 39.9. The quantitative estimate of drug-likeness (QED) is 0.116. The van der Waals surface area contributed by atoms with E-state index in [4.69, 9.17) is 14.5 Å². The Balaban J connectivity index is 1.59. The number of benzene rings is 2. The van der Waals surface area contributed by atoms with Gasteiger partial charge in [0.05, 0.1) is 30.1 Å². The maximum atomic E-state index is 14.0. The Morgan fingerprint density at radius 2 is 1.82 bits per heavy atom. The average Bonchev–Trinajstić information content (AvgIpc) is 3.47. The van der Waals surface area contributed by atoms with E-state index in [1.807, 2.05) is 58.0 Å². The van der Waals surface area contributed by atoms with E-state index in [1.54, 1.807) is 18.3 Å². The Kier molecular flexibility index (Phi) is 13.9. The molecule has 2 aromatic carbocycles. The lowest BCUT2D eigenvalue weighted by molar-refractivity contribution is -0.141. The molecule has 11 heteroatoms. The second-order valence-electron chi connectivity index (χ2n) is 16.1. The number of pyridine rings is 1. The Labute approximate surface area is 326 Å². The van der Waals surface area contributed by atoms with Gasteiger partial charge >= 0.3 is 0 Å². The van der Waals surface area contributed by atoms with Gasteiger partial charge in [-0.05, 0) is 99.6 Å². The molecule has 2 aromatic heterocycles. The Morgan fingerprint density at radius 3 is 2.47 bits per heavy atom. The third-order valence-corrected chi connectivity index (χ3v) is 10.7. The number of amides is 2. The normalized spacial score (nSPS) is 15.3. The van der Waals surface area contributed by atoms with Gasteiger partial charge < -0.3 is 19.4 Å². The number of rotatable bonds is 17. The summed E-state index contributed by atoms with van der Waals surface area (Å²) in [4.78, 5) is 45.6. The molecule has 0 aliphatic carbocycles. The number of fused-ring (bicyclic) bond motifs is 1. The predicted octanol–water partition coefficient (Wildman–Crippen LogP) is 6.58. The third kappa shape index (κ3) is 9.63. The first-order chi connectivity index (χ1) is 26.3. The maximum absolute atomic E-state index is 14.0. The number of hydrogen-bond acceptors (Lipinski definition) is 8. The molecule has 0 radical (unpaired) electrons. The summed E-state index contributed by atoms with van der Waals surface area (Å²) in [5.74, 6) is -0.210. The van der Waals surface area contributed by atoms with Gasteiger partial charge in [0.25, 0.3) is 12.4 Å². The van der Waals surface area contributed by atoms with Crippen molar-refractivity contribution >= 4 is 29.2 Å². The molecule has 11 nitrogen and oxygen atoms in total. The first-order valence-corrected chi connectivity index (χ1v) is 19.6. The number of likely N-dealkylation sites (N-methyl/N-ethyl adjacent to an activating group) is 1. The topological polar surface area (TPSA) is 118 Å². The van der Waals surface area contributed by atoms with Crippen molar-refractivity contribution in [1.82, 2.24) is 30.2 Å². The minimum Gasteiger partial charge on any atom is -0.467 e. The van der Waals surface area contributed by atoms with Crippen LogP contribution in [0.25, 0.3) is 33.3 Å². The van der Waals surface area contributed by atoms with Gasteiger partial charge in [-0.1, -0.05) is 58.0 Å². The smallest absolute Gasteiger partial charge is 0.293 e. The Bertz CT molecular complexity index is 1940. The van der Waals surface area contributed by atoms with Crippen molar-refractivity contribution < 1.29 is 23.9 Å². The monoisotopic (exact) mass is 752 g/mol. The Hall–Kier alpha value is -4.58. The zero-order valence-corrected chi connectivity index (χ0v) is 34.1. The van der Waals surface area contributed by atoms with Crippen molar-refractivity contribution in [3.8, 4) is 22.4 Å². The second kappa shape index (κ2) is 18.4. The summed E-state index contributed by atoms with van der Waals surface area (Å²) in [6.45, 7) is 15.3. The van der Waals surface area contributed by atoms with Crippen LogP contribution < -0.4 is 10.7 Å². The summed E-state index contributed by atoms with van der Waals surface area (Å²) in [7, 11) is 5.49. The number of aryl methyl sites for hydroxylation is 1. The first-order valence-electron chi connectivity index (χ1n) is 19.6. The molecule has 0 spiro atoms.